The second kappa shape index (κ2) is 9.23. The molecule has 5 heteroatoms. The predicted molar refractivity (Wildman–Crippen MR) is 115 cm³/mol. The zero-order valence-electron chi connectivity index (χ0n) is 18.4. The van der Waals surface area contributed by atoms with Gasteiger partial charge in [-0.15, -0.1) is 0 Å². The molecular formula is C24H35NO4. The summed E-state index contributed by atoms with van der Waals surface area (Å²) in [4.78, 5) is 24.7. The number of nitrogens with one attached hydrogen (secondary N) is 1. The van der Waals surface area contributed by atoms with Gasteiger partial charge in [0.25, 0.3) is 5.91 Å². The van der Waals surface area contributed by atoms with Crippen molar-refractivity contribution in [2.24, 2.45) is 17.8 Å². The van der Waals surface area contributed by atoms with E-state index in [-0.39, 0.29) is 5.92 Å². The fraction of sp³-hybridized carbons (Fsp3) is 0.583. The topological polar surface area (TPSA) is 78.9 Å². The lowest BCUT2D eigenvalue weighted by atomic mass is 9.91. The Morgan fingerprint density at radius 3 is 2.31 bits per heavy atom. The van der Waals surface area contributed by atoms with Gasteiger partial charge in [0, 0.05) is 5.92 Å². The van der Waals surface area contributed by atoms with Crippen LogP contribution in [-0.4, -0.2) is 34.2 Å². The van der Waals surface area contributed by atoms with E-state index < -0.39 is 29.1 Å². The molecule has 2 fully saturated rings. The molecule has 0 radical (unpaired) electrons. The number of ketones is 1. The largest absolute Gasteiger partial charge is 0.368 e. The summed E-state index contributed by atoms with van der Waals surface area (Å²) < 4.78 is 5.37. The number of epoxide rings is 1. The fourth-order valence-electron chi connectivity index (χ4n) is 3.79. The third-order valence-corrected chi connectivity index (χ3v) is 5.87. The van der Waals surface area contributed by atoms with Gasteiger partial charge in [0.2, 0.25) is 5.60 Å². The molecule has 0 aromatic rings. The summed E-state index contributed by atoms with van der Waals surface area (Å²) in [6.45, 7) is 12.4. The highest BCUT2D eigenvalue weighted by molar-refractivity contribution is 6.19. The van der Waals surface area contributed by atoms with Crippen molar-refractivity contribution in [3.8, 4) is 0 Å². The van der Waals surface area contributed by atoms with Crippen LogP contribution in [0.2, 0.25) is 0 Å². The number of ether oxygens (including phenoxy) is 1. The van der Waals surface area contributed by atoms with E-state index in [1.165, 1.54) is 24.5 Å². The molecule has 2 saturated heterocycles. The number of aliphatic hydroxyl groups is 1. The number of fused-ring (bicyclic) bond motifs is 1. The number of hydrogen-bond donors (Lipinski definition) is 2. The number of amides is 1. The first-order valence-corrected chi connectivity index (χ1v) is 10.5. The molecule has 0 bridgehead atoms. The van der Waals surface area contributed by atoms with Crippen molar-refractivity contribution >= 4 is 11.7 Å². The molecule has 0 unspecified atom stereocenters. The van der Waals surface area contributed by atoms with Crippen LogP contribution in [0.15, 0.2) is 48.1 Å². The number of allylic oxidation sites excluding steroid dienone is 7. The lowest BCUT2D eigenvalue weighted by molar-refractivity contribution is -0.139. The summed E-state index contributed by atoms with van der Waals surface area (Å²) in [6.07, 6.45) is 14.3. The van der Waals surface area contributed by atoms with E-state index in [2.05, 4.69) is 39.1 Å². The normalized spacial score (nSPS) is 31.7. The second-order valence-corrected chi connectivity index (χ2v) is 8.77. The fourth-order valence-corrected chi connectivity index (χ4v) is 3.79. The summed E-state index contributed by atoms with van der Waals surface area (Å²) in [5.41, 5.74) is -1.85. The summed E-state index contributed by atoms with van der Waals surface area (Å²) in [7, 11) is 0. The van der Waals surface area contributed by atoms with Crippen molar-refractivity contribution in [2.45, 2.75) is 71.8 Å². The molecule has 2 aliphatic rings. The molecule has 1 amide bonds. The van der Waals surface area contributed by atoms with E-state index in [1.807, 2.05) is 18.2 Å². The lowest BCUT2D eigenvalue weighted by Gasteiger charge is -2.27. The quantitative estimate of drug-likeness (QED) is 0.252. The highest BCUT2D eigenvalue weighted by atomic mass is 16.6. The highest BCUT2D eigenvalue weighted by Gasteiger charge is 2.80. The van der Waals surface area contributed by atoms with Crippen LogP contribution in [0, 0.1) is 17.8 Å². The minimum atomic E-state index is -1.57. The van der Waals surface area contributed by atoms with Crippen molar-refractivity contribution in [1.29, 1.82) is 0 Å². The van der Waals surface area contributed by atoms with E-state index >= 15 is 0 Å². The van der Waals surface area contributed by atoms with Gasteiger partial charge >= 0.3 is 0 Å². The van der Waals surface area contributed by atoms with Crippen LogP contribution in [0.1, 0.15) is 54.4 Å². The SMILES string of the molecule is CC[C@H](C)C[C@H](C)/C=C(C)/C=C/C=C/C=C/C(=O)[C@]12O[C@H]1[C@@](O)(C(C)C)NC2=O. The molecule has 2 aliphatic heterocycles. The second-order valence-electron chi connectivity index (χ2n) is 8.77. The zero-order valence-corrected chi connectivity index (χ0v) is 18.4. The van der Waals surface area contributed by atoms with E-state index in [4.69, 9.17) is 4.74 Å². The van der Waals surface area contributed by atoms with Gasteiger partial charge in [-0.3, -0.25) is 9.59 Å². The molecule has 5 atom stereocenters. The van der Waals surface area contributed by atoms with Crippen LogP contribution < -0.4 is 5.32 Å². The molecule has 160 valence electrons. The van der Waals surface area contributed by atoms with Gasteiger partial charge in [0.05, 0.1) is 0 Å². The molecule has 2 rings (SSSR count). The molecule has 0 spiro atoms. The molecule has 29 heavy (non-hydrogen) atoms. The van der Waals surface area contributed by atoms with Crippen molar-refractivity contribution in [3.63, 3.8) is 0 Å². The van der Waals surface area contributed by atoms with Crippen molar-refractivity contribution in [1.82, 2.24) is 5.32 Å². The Balaban J connectivity index is 1.87. The average molecular weight is 402 g/mol. The molecule has 0 aromatic carbocycles. The standard InChI is InChI=1S/C24H35NO4/c1-7-17(4)14-19(6)15-18(5)12-10-8-9-11-13-20(26)23-21(29-23)24(28,16(2)3)25-22(23)27/h8-13,15-17,19,21,28H,7,14H2,1-6H3,(H,25,27)/b9-8+,12-10+,13-11+,18-15+/t17-,19-,21+,23-,24-/m0/s1. The van der Waals surface area contributed by atoms with Crippen LogP contribution >= 0.6 is 0 Å². The van der Waals surface area contributed by atoms with Gasteiger partial charge in [-0.2, -0.15) is 0 Å². The third kappa shape index (κ3) is 4.96. The highest BCUT2D eigenvalue weighted by Crippen LogP contribution is 2.51. The van der Waals surface area contributed by atoms with Gasteiger partial charge < -0.3 is 15.2 Å². The molecular weight excluding hydrogens is 366 g/mol. The van der Waals surface area contributed by atoms with Crippen LogP contribution in [0.4, 0.5) is 0 Å². The first-order chi connectivity index (χ1) is 13.6. The molecule has 2 N–H and O–H groups in total. The van der Waals surface area contributed by atoms with E-state index in [0.29, 0.717) is 5.92 Å². The molecule has 5 nitrogen and oxygen atoms in total. The minimum absolute atomic E-state index is 0.258. The predicted octanol–water partition coefficient (Wildman–Crippen LogP) is 3.85. The van der Waals surface area contributed by atoms with Crippen LogP contribution in [0.5, 0.6) is 0 Å². The van der Waals surface area contributed by atoms with E-state index in [1.54, 1.807) is 26.0 Å². The monoisotopic (exact) mass is 401 g/mol. The van der Waals surface area contributed by atoms with E-state index in [9.17, 15) is 14.7 Å². The summed E-state index contributed by atoms with van der Waals surface area (Å²) in [5, 5.41) is 13.0. The Labute approximate surface area is 174 Å². The Morgan fingerprint density at radius 1 is 1.17 bits per heavy atom. The maximum absolute atomic E-state index is 12.5. The lowest BCUT2D eigenvalue weighted by Crippen LogP contribution is -2.52. The maximum atomic E-state index is 12.5. The van der Waals surface area contributed by atoms with Gasteiger partial charge in [-0.25, -0.2) is 0 Å². The van der Waals surface area contributed by atoms with E-state index in [0.717, 1.165) is 5.92 Å². The van der Waals surface area contributed by atoms with Crippen LogP contribution in [0.3, 0.4) is 0 Å². The smallest absolute Gasteiger partial charge is 0.265 e. The summed E-state index contributed by atoms with van der Waals surface area (Å²) in [6, 6.07) is 0. The number of carbonyl (C=O) groups excluding carboxylic acids is 2. The number of hydrogen-bond acceptors (Lipinski definition) is 4. The molecule has 0 aliphatic carbocycles. The number of rotatable bonds is 10. The summed E-state index contributed by atoms with van der Waals surface area (Å²) in [5.74, 6) is 0.00829. The first kappa shape index (κ1) is 23.3. The van der Waals surface area contributed by atoms with Crippen molar-refractivity contribution in [3.05, 3.63) is 48.1 Å². The number of morpholine rings is 1. The van der Waals surface area contributed by atoms with Crippen molar-refractivity contribution in [2.75, 3.05) is 0 Å². The Hall–Kier alpha value is -1.98. The summed E-state index contributed by atoms with van der Waals surface area (Å²) >= 11 is 0. The number of carbonyl (C=O) groups is 2. The zero-order chi connectivity index (χ0) is 21.8. The average Bonchev–Trinajstić information content (AvgIpc) is 3.36. The molecule has 2 heterocycles. The Morgan fingerprint density at radius 2 is 1.79 bits per heavy atom. The minimum Gasteiger partial charge on any atom is -0.368 e. The maximum Gasteiger partial charge on any atom is 0.265 e. The molecule has 0 saturated carbocycles. The van der Waals surface area contributed by atoms with Crippen LogP contribution in [-0.2, 0) is 14.3 Å². The Bertz CT molecular complexity index is 748. The molecule has 0 aromatic heterocycles. The first-order valence-electron chi connectivity index (χ1n) is 10.5. The van der Waals surface area contributed by atoms with Crippen molar-refractivity contribution < 1.29 is 19.4 Å². The van der Waals surface area contributed by atoms with Crippen LogP contribution in [0.25, 0.3) is 0 Å². The Kier molecular flexibility index (Phi) is 7.41. The van der Waals surface area contributed by atoms with Gasteiger partial charge in [0.15, 0.2) is 17.6 Å². The van der Waals surface area contributed by atoms with Gasteiger partial charge in [0.1, 0.15) is 0 Å². The van der Waals surface area contributed by atoms with Gasteiger partial charge in [-0.1, -0.05) is 83.1 Å². The third-order valence-electron chi connectivity index (χ3n) is 5.87. The van der Waals surface area contributed by atoms with Gasteiger partial charge in [-0.05, 0) is 31.3 Å².